The number of nitrogens with zero attached hydrogens (tertiary/aromatic N) is 3. The fourth-order valence-corrected chi connectivity index (χ4v) is 3.05. The number of ether oxygens (including phenoxy) is 1. The van der Waals surface area contributed by atoms with Crippen LogP contribution in [0.4, 0.5) is 5.69 Å². The Balaban J connectivity index is 1.61. The van der Waals surface area contributed by atoms with Crippen LogP contribution in [0.1, 0.15) is 25.1 Å². The molecule has 0 amide bonds. The topological polar surface area (TPSA) is 48.8 Å². The number of aliphatic hydroxyl groups is 1. The van der Waals surface area contributed by atoms with Crippen molar-refractivity contribution in [3.8, 4) is 0 Å². The molecule has 5 nitrogen and oxygen atoms in total. The van der Waals surface area contributed by atoms with Crippen LogP contribution in [0.25, 0.3) is 0 Å². The van der Waals surface area contributed by atoms with E-state index in [0.717, 1.165) is 50.8 Å². The summed E-state index contributed by atoms with van der Waals surface area (Å²) in [6.07, 6.45) is 2.59. The van der Waals surface area contributed by atoms with E-state index in [4.69, 9.17) is 4.74 Å². The molecular weight excluding hydrogens is 254 g/mol. The van der Waals surface area contributed by atoms with Crippen molar-refractivity contribution in [1.82, 2.24) is 9.88 Å². The largest absolute Gasteiger partial charge is 0.387 e. The minimum absolute atomic E-state index is 0.497. The molecule has 2 aliphatic rings. The van der Waals surface area contributed by atoms with E-state index in [1.165, 1.54) is 6.42 Å². The van der Waals surface area contributed by atoms with E-state index in [0.29, 0.717) is 6.04 Å². The molecule has 0 aliphatic carbocycles. The fraction of sp³-hybridized carbons (Fsp3) is 0.667. The maximum Gasteiger partial charge on any atom is 0.0931 e. The summed E-state index contributed by atoms with van der Waals surface area (Å²) < 4.78 is 5.42. The highest BCUT2D eigenvalue weighted by molar-refractivity contribution is 5.46. The van der Waals surface area contributed by atoms with Gasteiger partial charge in [0.25, 0.3) is 0 Å². The molecular formula is C15H23N3O2. The first-order valence-electron chi connectivity index (χ1n) is 7.45. The van der Waals surface area contributed by atoms with Gasteiger partial charge >= 0.3 is 0 Å². The van der Waals surface area contributed by atoms with Crippen LogP contribution in [0, 0.1) is 0 Å². The number of hydrogen-bond donors (Lipinski definition) is 1. The molecule has 3 heterocycles. The van der Waals surface area contributed by atoms with Gasteiger partial charge in [-0.3, -0.25) is 9.88 Å². The molecule has 1 N–H and O–H groups in total. The molecule has 20 heavy (non-hydrogen) atoms. The third-order valence-electron chi connectivity index (χ3n) is 4.29. The summed E-state index contributed by atoms with van der Waals surface area (Å²) >= 11 is 0. The van der Waals surface area contributed by atoms with Gasteiger partial charge in [0.05, 0.1) is 36.9 Å². The maximum atomic E-state index is 9.50. The van der Waals surface area contributed by atoms with Crippen molar-refractivity contribution in [3.63, 3.8) is 0 Å². The molecule has 1 aromatic heterocycles. The second-order valence-electron chi connectivity index (χ2n) is 5.65. The van der Waals surface area contributed by atoms with Crippen molar-refractivity contribution >= 4 is 5.69 Å². The van der Waals surface area contributed by atoms with Crippen LogP contribution in [0.15, 0.2) is 18.3 Å². The normalized spacial score (nSPS) is 25.9. The van der Waals surface area contributed by atoms with Crippen molar-refractivity contribution < 1.29 is 9.84 Å². The Morgan fingerprint density at radius 3 is 2.75 bits per heavy atom. The van der Waals surface area contributed by atoms with E-state index in [1.54, 1.807) is 6.92 Å². The molecule has 2 saturated heterocycles. The standard InChI is InChI=1S/C15H23N3O2/c1-12(19)15-3-2-13(10-16-15)18-5-4-14(11-18)17-6-8-20-9-7-17/h2-3,10,12,14,19H,4-9,11H2,1H3. The minimum atomic E-state index is -0.497. The number of anilines is 1. The summed E-state index contributed by atoms with van der Waals surface area (Å²) in [5.74, 6) is 0. The van der Waals surface area contributed by atoms with Crippen LogP contribution < -0.4 is 4.90 Å². The lowest BCUT2D eigenvalue weighted by Gasteiger charge is -2.32. The molecule has 0 spiro atoms. The molecule has 2 atom stereocenters. The molecule has 1 aromatic rings. The number of aromatic nitrogens is 1. The van der Waals surface area contributed by atoms with Gasteiger partial charge in [0.1, 0.15) is 0 Å². The molecule has 0 saturated carbocycles. The predicted molar refractivity (Wildman–Crippen MR) is 77.9 cm³/mol. The highest BCUT2D eigenvalue weighted by Crippen LogP contribution is 2.24. The van der Waals surface area contributed by atoms with Gasteiger partial charge in [-0.25, -0.2) is 0 Å². The van der Waals surface area contributed by atoms with Crippen molar-refractivity contribution in [2.24, 2.45) is 0 Å². The van der Waals surface area contributed by atoms with Crippen molar-refractivity contribution in [2.75, 3.05) is 44.3 Å². The fourth-order valence-electron chi connectivity index (χ4n) is 3.05. The van der Waals surface area contributed by atoms with Crippen LogP contribution >= 0.6 is 0 Å². The van der Waals surface area contributed by atoms with Crippen molar-refractivity contribution in [2.45, 2.75) is 25.5 Å². The number of aliphatic hydroxyl groups excluding tert-OH is 1. The lowest BCUT2D eigenvalue weighted by atomic mass is 10.2. The van der Waals surface area contributed by atoms with E-state index >= 15 is 0 Å². The Bertz CT molecular complexity index is 429. The third kappa shape index (κ3) is 2.95. The molecule has 0 bridgehead atoms. The smallest absolute Gasteiger partial charge is 0.0931 e. The Labute approximate surface area is 120 Å². The predicted octanol–water partition coefficient (Wildman–Crippen LogP) is 1.05. The van der Waals surface area contributed by atoms with Crippen LogP contribution in [0.3, 0.4) is 0 Å². The van der Waals surface area contributed by atoms with Crippen molar-refractivity contribution in [3.05, 3.63) is 24.0 Å². The lowest BCUT2D eigenvalue weighted by Crippen LogP contribution is -2.44. The average Bonchev–Trinajstić information content (AvgIpc) is 2.98. The molecule has 2 fully saturated rings. The lowest BCUT2D eigenvalue weighted by molar-refractivity contribution is 0.0209. The monoisotopic (exact) mass is 277 g/mol. The SMILES string of the molecule is CC(O)c1ccc(N2CCC(N3CCOCC3)C2)cn1. The van der Waals surface area contributed by atoms with Gasteiger partial charge in [-0.2, -0.15) is 0 Å². The van der Waals surface area contributed by atoms with Crippen LogP contribution in [0.2, 0.25) is 0 Å². The van der Waals surface area contributed by atoms with Gasteiger partial charge in [0.15, 0.2) is 0 Å². The molecule has 2 unspecified atom stereocenters. The second kappa shape index (κ2) is 6.08. The van der Waals surface area contributed by atoms with Gasteiger partial charge in [0, 0.05) is 32.2 Å². The first kappa shape index (κ1) is 13.8. The zero-order valence-electron chi connectivity index (χ0n) is 12.0. The number of hydrogen-bond acceptors (Lipinski definition) is 5. The van der Waals surface area contributed by atoms with E-state index < -0.39 is 6.10 Å². The van der Waals surface area contributed by atoms with Crippen molar-refractivity contribution in [1.29, 1.82) is 0 Å². The summed E-state index contributed by atoms with van der Waals surface area (Å²) in [7, 11) is 0. The van der Waals surface area contributed by atoms with E-state index in [-0.39, 0.29) is 0 Å². The Morgan fingerprint density at radius 1 is 1.30 bits per heavy atom. The minimum Gasteiger partial charge on any atom is -0.387 e. The molecule has 110 valence electrons. The molecule has 0 aromatic carbocycles. The first-order valence-corrected chi connectivity index (χ1v) is 7.45. The van der Waals surface area contributed by atoms with E-state index in [1.807, 2.05) is 12.3 Å². The molecule has 5 heteroatoms. The highest BCUT2D eigenvalue weighted by Gasteiger charge is 2.28. The number of morpholine rings is 1. The second-order valence-corrected chi connectivity index (χ2v) is 5.65. The third-order valence-corrected chi connectivity index (χ3v) is 4.29. The Hall–Kier alpha value is -1.17. The van der Waals surface area contributed by atoms with Crippen LogP contribution in [-0.4, -0.2) is 60.4 Å². The Morgan fingerprint density at radius 2 is 2.10 bits per heavy atom. The van der Waals surface area contributed by atoms with Gasteiger partial charge in [-0.05, 0) is 25.5 Å². The number of pyridine rings is 1. The van der Waals surface area contributed by atoms with Crippen LogP contribution in [-0.2, 0) is 4.74 Å². The average molecular weight is 277 g/mol. The summed E-state index contributed by atoms with van der Waals surface area (Å²) in [4.78, 5) is 9.27. The van der Waals surface area contributed by atoms with Gasteiger partial charge < -0.3 is 14.7 Å². The van der Waals surface area contributed by atoms with Crippen LogP contribution in [0.5, 0.6) is 0 Å². The highest BCUT2D eigenvalue weighted by atomic mass is 16.5. The molecule has 2 aliphatic heterocycles. The zero-order valence-corrected chi connectivity index (χ0v) is 12.0. The summed E-state index contributed by atoms with van der Waals surface area (Å²) in [5, 5.41) is 9.50. The van der Waals surface area contributed by atoms with E-state index in [9.17, 15) is 5.11 Å². The summed E-state index contributed by atoms with van der Waals surface area (Å²) in [6, 6.07) is 4.62. The first-order chi connectivity index (χ1) is 9.74. The molecule has 3 rings (SSSR count). The van der Waals surface area contributed by atoms with Gasteiger partial charge in [-0.15, -0.1) is 0 Å². The Kier molecular flexibility index (Phi) is 4.19. The summed E-state index contributed by atoms with van der Waals surface area (Å²) in [5.41, 5.74) is 1.89. The summed E-state index contributed by atoms with van der Waals surface area (Å²) in [6.45, 7) is 7.72. The maximum absolute atomic E-state index is 9.50. The quantitative estimate of drug-likeness (QED) is 0.895. The van der Waals surface area contributed by atoms with E-state index in [2.05, 4.69) is 20.9 Å². The zero-order chi connectivity index (χ0) is 13.9. The number of rotatable bonds is 3. The van der Waals surface area contributed by atoms with Gasteiger partial charge in [0.2, 0.25) is 0 Å². The van der Waals surface area contributed by atoms with Gasteiger partial charge in [-0.1, -0.05) is 0 Å². The molecule has 0 radical (unpaired) electrons.